The first kappa shape index (κ1) is 41.7. The van der Waals surface area contributed by atoms with Crippen LogP contribution in [0.4, 0.5) is 11.4 Å². The molecule has 2 aliphatic carbocycles. The van der Waals surface area contributed by atoms with Crippen molar-refractivity contribution in [2.75, 3.05) is 36.0 Å². The Bertz CT molecular complexity index is 2450. The van der Waals surface area contributed by atoms with Gasteiger partial charge in [0.15, 0.2) is 11.2 Å². The van der Waals surface area contributed by atoms with Gasteiger partial charge in [0, 0.05) is 93.9 Å². The van der Waals surface area contributed by atoms with E-state index in [1.54, 1.807) is 0 Å². The Labute approximate surface area is 370 Å². The van der Waals surface area contributed by atoms with Gasteiger partial charge >= 0.3 is 0 Å². The quantitative estimate of drug-likeness (QED) is 0.247. The first-order valence-electron chi connectivity index (χ1n) is 22.7. The van der Waals surface area contributed by atoms with Gasteiger partial charge in [-0.05, 0) is 74.9 Å². The van der Waals surface area contributed by atoms with E-state index >= 15 is 0 Å². The fraction of sp³-hybridized carbons (Fsp3) is 0.393. The van der Waals surface area contributed by atoms with E-state index in [-0.39, 0.29) is 21.7 Å². The van der Waals surface area contributed by atoms with Crippen molar-refractivity contribution in [2.45, 2.75) is 94.3 Å². The van der Waals surface area contributed by atoms with Gasteiger partial charge in [-0.3, -0.25) is 0 Å². The first-order chi connectivity index (χ1) is 29.3. The molecule has 6 aliphatic rings. The summed E-state index contributed by atoms with van der Waals surface area (Å²) in [7, 11) is 0. The molecule has 0 bridgehead atoms. The number of ether oxygens (including phenoxy) is 4. The number of benzene rings is 3. The molecular formula is C56H64N2O4. The van der Waals surface area contributed by atoms with Crippen LogP contribution in [0, 0.1) is 21.7 Å². The van der Waals surface area contributed by atoms with Gasteiger partial charge in [0.2, 0.25) is 0 Å². The van der Waals surface area contributed by atoms with Crippen LogP contribution in [0.5, 0.6) is 23.0 Å². The monoisotopic (exact) mass is 828 g/mol. The van der Waals surface area contributed by atoms with Crippen LogP contribution in [0.25, 0.3) is 0 Å². The van der Waals surface area contributed by atoms with E-state index in [2.05, 4.69) is 203 Å². The van der Waals surface area contributed by atoms with Gasteiger partial charge in [-0.25, -0.2) is 0 Å². The van der Waals surface area contributed by atoms with Crippen LogP contribution in [-0.4, -0.2) is 26.2 Å². The topological polar surface area (TPSA) is 43.4 Å². The number of fused-ring (bicyclic) bond motifs is 10. The SMILES string of the molecule is C=C1OC2(C3=C1C=CC(C)(C(C)(C)C)C=C3)c1ccc(N(CC)CC)cc1Oc1cc3c(cc12)Oc1cc(N(CC)CC)ccc1C31OC(=C)C2=C1C=CC(C)(C(C)(C)C)C=C2. The molecule has 3 aromatic rings. The predicted molar refractivity (Wildman–Crippen MR) is 254 cm³/mol. The molecule has 0 radical (unpaired) electrons. The average molecular weight is 829 g/mol. The highest BCUT2D eigenvalue weighted by molar-refractivity contribution is 5.76. The lowest BCUT2D eigenvalue weighted by Gasteiger charge is -2.42. The summed E-state index contributed by atoms with van der Waals surface area (Å²) in [6.07, 6.45) is 18.3. The van der Waals surface area contributed by atoms with Crippen LogP contribution >= 0.6 is 0 Å². The fourth-order valence-electron chi connectivity index (χ4n) is 10.1. The maximum Gasteiger partial charge on any atom is 0.192 e. The Morgan fingerprint density at radius 1 is 0.484 bits per heavy atom. The number of allylic oxidation sites excluding steroid dienone is 6. The summed E-state index contributed by atoms with van der Waals surface area (Å²) in [5, 5.41) is 0. The van der Waals surface area contributed by atoms with E-state index in [1.807, 2.05) is 0 Å². The molecule has 0 N–H and O–H groups in total. The zero-order chi connectivity index (χ0) is 44.4. The summed E-state index contributed by atoms with van der Waals surface area (Å²) >= 11 is 0. The van der Waals surface area contributed by atoms with Crippen molar-refractivity contribution in [2.24, 2.45) is 21.7 Å². The van der Waals surface area contributed by atoms with E-state index in [9.17, 15) is 0 Å². The molecule has 4 heterocycles. The van der Waals surface area contributed by atoms with Crippen LogP contribution < -0.4 is 19.3 Å². The van der Waals surface area contributed by atoms with Crippen molar-refractivity contribution in [1.82, 2.24) is 0 Å². The molecule has 6 heteroatoms. The maximum absolute atomic E-state index is 7.28. The first-order valence-corrected chi connectivity index (χ1v) is 22.7. The molecule has 4 unspecified atom stereocenters. The molecule has 6 nitrogen and oxygen atoms in total. The molecule has 62 heavy (non-hydrogen) atoms. The van der Waals surface area contributed by atoms with Gasteiger partial charge in [0.1, 0.15) is 34.5 Å². The Morgan fingerprint density at radius 2 is 0.823 bits per heavy atom. The minimum atomic E-state index is -1.08. The van der Waals surface area contributed by atoms with Gasteiger partial charge in [0.05, 0.1) is 11.1 Å². The second-order valence-electron chi connectivity index (χ2n) is 20.2. The van der Waals surface area contributed by atoms with E-state index < -0.39 is 11.2 Å². The Kier molecular flexibility index (Phi) is 9.38. The number of nitrogens with zero attached hydrogens (tertiary/aromatic N) is 2. The van der Waals surface area contributed by atoms with E-state index in [4.69, 9.17) is 18.9 Å². The largest absolute Gasteiger partial charge is 0.473 e. The molecule has 0 saturated heterocycles. The third-order valence-electron chi connectivity index (χ3n) is 15.3. The van der Waals surface area contributed by atoms with Gasteiger partial charge < -0.3 is 28.7 Å². The lowest BCUT2D eigenvalue weighted by molar-refractivity contribution is 0.0804. The molecule has 3 aromatic carbocycles. The molecule has 2 spiro atoms. The number of anilines is 2. The fourth-order valence-corrected chi connectivity index (χ4v) is 10.1. The van der Waals surface area contributed by atoms with Crippen molar-refractivity contribution in [3.8, 4) is 23.0 Å². The van der Waals surface area contributed by atoms with Gasteiger partial charge in [-0.2, -0.15) is 0 Å². The summed E-state index contributed by atoms with van der Waals surface area (Å²) in [6, 6.07) is 17.4. The van der Waals surface area contributed by atoms with Crippen molar-refractivity contribution in [1.29, 1.82) is 0 Å². The lowest BCUT2D eigenvalue weighted by Crippen LogP contribution is -2.36. The van der Waals surface area contributed by atoms with E-state index in [1.165, 1.54) is 0 Å². The normalized spacial score (nSPS) is 26.5. The van der Waals surface area contributed by atoms with Gasteiger partial charge in [-0.1, -0.05) is 117 Å². The second kappa shape index (κ2) is 13.9. The van der Waals surface area contributed by atoms with Gasteiger partial charge in [-0.15, -0.1) is 0 Å². The molecule has 9 rings (SSSR count). The van der Waals surface area contributed by atoms with Crippen molar-refractivity contribution in [3.05, 3.63) is 166 Å². The summed E-state index contributed by atoms with van der Waals surface area (Å²) in [5.41, 5.74) is 7.05. The zero-order valence-corrected chi connectivity index (χ0v) is 39.0. The van der Waals surface area contributed by atoms with E-state index in [0.29, 0.717) is 23.0 Å². The van der Waals surface area contributed by atoms with Crippen LogP contribution in [0.1, 0.15) is 105 Å². The van der Waals surface area contributed by atoms with Crippen molar-refractivity contribution >= 4 is 11.4 Å². The number of hydrogen-bond acceptors (Lipinski definition) is 6. The molecule has 0 amide bonds. The van der Waals surface area contributed by atoms with Gasteiger partial charge in [0.25, 0.3) is 0 Å². The average Bonchev–Trinajstić information content (AvgIpc) is 3.44. The molecule has 4 aliphatic heterocycles. The molecule has 0 aromatic heterocycles. The summed E-state index contributed by atoms with van der Waals surface area (Å²) in [5.74, 6) is 4.09. The number of rotatable bonds is 6. The molecule has 4 atom stereocenters. The highest BCUT2D eigenvalue weighted by Gasteiger charge is 2.57. The summed E-state index contributed by atoms with van der Waals surface area (Å²) in [6.45, 7) is 39.7. The van der Waals surface area contributed by atoms with Crippen LogP contribution in [-0.2, 0) is 20.7 Å². The smallest absolute Gasteiger partial charge is 0.192 e. The highest BCUT2D eigenvalue weighted by atomic mass is 16.5. The van der Waals surface area contributed by atoms with Crippen molar-refractivity contribution < 1.29 is 18.9 Å². The summed E-state index contributed by atoms with van der Waals surface area (Å²) in [4.78, 5) is 4.69. The Balaban J connectivity index is 1.33. The third kappa shape index (κ3) is 5.73. The van der Waals surface area contributed by atoms with Crippen LogP contribution in [0.2, 0.25) is 0 Å². The van der Waals surface area contributed by atoms with Crippen molar-refractivity contribution in [3.63, 3.8) is 0 Å². The second-order valence-corrected chi connectivity index (χ2v) is 20.2. The lowest BCUT2D eigenvalue weighted by atomic mass is 9.67. The molecule has 0 fully saturated rings. The molecular weight excluding hydrogens is 765 g/mol. The maximum atomic E-state index is 7.28. The Hall–Kier alpha value is -5.62. The third-order valence-corrected chi connectivity index (χ3v) is 15.3. The summed E-state index contributed by atoms with van der Waals surface area (Å²) < 4.78 is 29.0. The minimum absolute atomic E-state index is 0.0390. The zero-order valence-electron chi connectivity index (χ0n) is 39.0. The van der Waals surface area contributed by atoms with Crippen LogP contribution in [0.15, 0.2) is 144 Å². The predicted octanol–water partition coefficient (Wildman–Crippen LogP) is 14.1. The Morgan fingerprint density at radius 3 is 1.16 bits per heavy atom. The number of hydrogen-bond donors (Lipinski definition) is 0. The standard InChI is InChI=1S/C56H64N2O4/c1-15-57(16-2)37-19-21-43-47(31-37)59-49-33-46-50(34-45(49)55(43)41-25-29-53(13,51(7,8)9)27-23-39(41)35(5)61-55)60-48-32-38(58(17-3)18-4)20-22-44(48)56(46)42-26-30-54(14,52(10,11)12)28-24-40(42)36(6)62-56/h19-34H,5-6,15-18H2,1-4,7-14H3. The van der Waals surface area contributed by atoms with E-state index in [0.717, 1.165) is 93.6 Å². The molecule has 322 valence electrons. The van der Waals surface area contributed by atoms with Crippen LogP contribution in [0.3, 0.4) is 0 Å². The highest BCUT2D eigenvalue weighted by Crippen LogP contribution is 2.65. The molecule has 0 saturated carbocycles. The minimum Gasteiger partial charge on any atom is -0.473 e.